The van der Waals surface area contributed by atoms with E-state index >= 15 is 0 Å². The van der Waals surface area contributed by atoms with E-state index in [1.165, 1.54) is 161 Å². The molecular formula is C76H135N2O7P. The van der Waals surface area contributed by atoms with Gasteiger partial charge in [-0.2, -0.15) is 0 Å². The van der Waals surface area contributed by atoms with Gasteiger partial charge in [0.1, 0.15) is 19.3 Å². The molecule has 0 aromatic carbocycles. The Hall–Kier alpha value is -3.33. The van der Waals surface area contributed by atoms with Crippen LogP contribution in [-0.2, 0) is 27.9 Å². The third kappa shape index (κ3) is 65.1. The Kier molecular flexibility index (Phi) is 62.1. The van der Waals surface area contributed by atoms with Crippen molar-refractivity contribution in [3.63, 3.8) is 0 Å². The summed E-state index contributed by atoms with van der Waals surface area (Å²) in [6.07, 6.45) is 89.3. The fourth-order valence-corrected chi connectivity index (χ4v) is 10.7. The number of nitrogens with zero attached hydrogens (tertiary/aromatic N) is 1. The lowest BCUT2D eigenvalue weighted by Gasteiger charge is -2.30. The van der Waals surface area contributed by atoms with E-state index in [-0.39, 0.29) is 24.9 Å². The minimum Gasteiger partial charge on any atom is -0.756 e. The molecule has 1 N–H and O–H groups in total. The van der Waals surface area contributed by atoms with Crippen LogP contribution in [0.25, 0.3) is 0 Å². The van der Waals surface area contributed by atoms with Crippen LogP contribution in [0.4, 0.5) is 0 Å². The van der Waals surface area contributed by atoms with Crippen LogP contribution in [-0.4, -0.2) is 69.4 Å². The SMILES string of the molecule is CC/C=C\C/C=C\C/C=C\C/C=C\C/C=C\C/C=C\CCCCCCC(=O)OC(/C=C/CCCCCCCCCCCC)C(COP(=O)([O-])OCC[N+](C)(C)C)NC(=O)CCCCCCCCCCCCCCCCC/C=C\C/C=C\CCCCC. The molecule has 496 valence electrons. The summed E-state index contributed by atoms with van der Waals surface area (Å²) in [6, 6.07) is -0.906. The number of phosphoric acid groups is 1. The monoisotopic (exact) mass is 1220 g/mol. The number of rotatable bonds is 64. The van der Waals surface area contributed by atoms with Crippen LogP contribution in [0, 0.1) is 0 Å². The number of amides is 1. The van der Waals surface area contributed by atoms with Gasteiger partial charge in [0.25, 0.3) is 7.82 Å². The molecule has 0 heterocycles. The van der Waals surface area contributed by atoms with Gasteiger partial charge < -0.3 is 28.5 Å². The third-order valence-electron chi connectivity index (χ3n) is 15.4. The van der Waals surface area contributed by atoms with Gasteiger partial charge in [-0.05, 0) is 115 Å². The number of carbonyl (C=O) groups excluding carboxylic acids is 2. The van der Waals surface area contributed by atoms with Crippen molar-refractivity contribution in [1.82, 2.24) is 5.32 Å². The van der Waals surface area contributed by atoms with Crippen LogP contribution in [0.5, 0.6) is 0 Å². The van der Waals surface area contributed by atoms with Gasteiger partial charge in [0.2, 0.25) is 5.91 Å². The summed E-state index contributed by atoms with van der Waals surface area (Å²) < 4.78 is 30.4. The normalized spacial score (nSPS) is 14.2. The molecule has 0 radical (unpaired) electrons. The highest BCUT2D eigenvalue weighted by Gasteiger charge is 2.27. The molecule has 0 aromatic heterocycles. The lowest BCUT2D eigenvalue weighted by Crippen LogP contribution is -2.47. The molecule has 1 amide bonds. The van der Waals surface area contributed by atoms with Gasteiger partial charge in [0.05, 0.1) is 33.8 Å². The summed E-state index contributed by atoms with van der Waals surface area (Å²) in [4.78, 5) is 40.2. The number of nitrogens with one attached hydrogen (secondary N) is 1. The molecule has 10 heteroatoms. The highest BCUT2D eigenvalue weighted by Crippen LogP contribution is 2.38. The van der Waals surface area contributed by atoms with E-state index in [9.17, 15) is 19.0 Å². The standard InChI is InChI=1S/C76H135N2O7P/c1-7-10-13-16-19-22-25-28-30-32-34-36-38-39-41-42-44-46-48-50-53-56-59-62-65-68-75(79)77-73(72-84-86(81,82)83-71-70-78(4,5)6)74(67-64-61-58-55-52-27-24-21-18-15-12-9-3)85-76(80)69-66-63-60-57-54-51-49-47-45-43-40-37-35-33-31-29-26-23-20-17-14-11-8-2/h11,14,19-20,22-23,28-31,35,37,43,45,49,51,64,67,73-74H,7-10,12-13,15-18,21,24-27,32-34,36,38-42,44,46-48,50,52-63,65-66,68-72H2,1-6H3,(H-,77,79,81,82)/b14-11-,22-19-,23-20-,30-28-,31-29-,37-35-,45-43-,51-49-,67-64+. The molecule has 3 unspecified atom stereocenters. The zero-order valence-corrected chi connectivity index (χ0v) is 57.6. The summed E-state index contributed by atoms with van der Waals surface area (Å²) in [5.41, 5.74) is 0. The van der Waals surface area contributed by atoms with Gasteiger partial charge in [-0.25, -0.2) is 0 Å². The summed E-state index contributed by atoms with van der Waals surface area (Å²) in [6.45, 7) is 6.71. The van der Waals surface area contributed by atoms with Crippen molar-refractivity contribution in [2.75, 3.05) is 40.9 Å². The molecule has 9 nitrogen and oxygen atoms in total. The van der Waals surface area contributed by atoms with Crippen molar-refractivity contribution in [2.45, 2.75) is 322 Å². The number of esters is 1. The molecule has 3 atom stereocenters. The van der Waals surface area contributed by atoms with E-state index in [2.05, 4.69) is 123 Å². The van der Waals surface area contributed by atoms with Crippen LogP contribution >= 0.6 is 7.82 Å². The minimum absolute atomic E-state index is 0.0309. The highest BCUT2D eigenvalue weighted by molar-refractivity contribution is 7.45. The summed E-state index contributed by atoms with van der Waals surface area (Å²) in [5.74, 6) is -0.568. The highest BCUT2D eigenvalue weighted by atomic mass is 31.2. The fraction of sp³-hybridized carbons (Fsp3) is 0.737. The van der Waals surface area contributed by atoms with Gasteiger partial charge in [0.15, 0.2) is 0 Å². The minimum atomic E-state index is -4.72. The van der Waals surface area contributed by atoms with Crippen molar-refractivity contribution < 1.29 is 37.3 Å². The molecule has 0 aromatic rings. The van der Waals surface area contributed by atoms with E-state index < -0.39 is 26.6 Å². The number of unbranched alkanes of at least 4 members (excludes halogenated alkanes) is 32. The quantitative estimate of drug-likeness (QED) is 0.0212. The van der Waals surface area contributed by atoms with E-state index in [0.29, 0.717) is 23.9 Å². The first kappa shape index (κ1) is 82.7. The molecular weight excluding hydrogens is 1080 g/mol. The number of carbonyl (C=O) groups is 2. The van der Waals surface area contributed by atoms with E-state index in [0.717, 1.165) is 109 Å². The average molecular weight is 1220 g/mol. The van der Waals surface area contributed by atoms with Gasteiger partial charge in [-0.15, -0.1) is 0 Å². The Bertz CT molecular complexity index is 1840. The van der Waals surface area contributed by atoms with E-state index in [4.69, 9.17) is 13.8 Å². The molecule has 86 heavy (non-hydrogen) atoms. The molecule has 0 aliphatic rings. The van der Waals surface area contributed by atoms with Crippen LogP contribution in [0.15, 0.2) is 109 Å². The maximum atomic E-state index is 13.6. The summed E-state index contributed by atoms with van der Waals surface area (Å²) in [5, 5.41) is 3.04. The number of quaternary nitrogens is 1. The summed E-state index contributed by atoms with van der Waals surface area (Å²) >= 11 is 0. The molecule has 0 fully saturated rings. The second-order valence-electron chi connectivity index (χ2n) is 25.0. The van der Waals surface area contributed by atoms with Gasteiger partial charge in [0, 0.05) is 12.8 Å². The molecule has 0 aliphatic carbocycles. The van der Waals surface area contributed by atoms with Crippen molar-refractivity contribution in [3.05, 3.63) is 109 Å². The van der Waals surface area contributed by atoms with Crippen LogP contribution in [0.2, 0.25) is 0 Å². The second kappa shape index (κ2) is 64.6. The molecule has 0 aliphatic heterocycles. The number of hydrogen-bond acceptors (Lipinski definition) is 7. The average Bonchev–Trinajstić information content (AvgIpc) is 3.69. The number of hydrogen-bond donors (Lipinski definition) is 1. The lowest BCUT2D eigenvalue weighted by atomic mass is 10.0. The Morgan fingerprint density at radius 2 is 0.744 bits per heavy atom. The van der Waals surface area contributed by atoms with Crippen LogP contribution in [0.1, 0.15) is 310 Å². The van der Waals surface area contributed by atoms with Crippen molar-refractivity contribution in [3.8, 4) is 0 Å². The lowest BCUT2D eigenvalue weighted by molar-refractivity contribution is -0.870. The van der Waals surface area contributed by atoms with Crippen LogP contribution in [0.3, 0.4) is 0 Å². The molecule has 0 bridgehead atoms. The van der Waals surface area contributed by atoms with E-state index in [1.807, 2.05) is 33.3 Å². The largest absolute Gasteiger partial charge is 0.756 e. The number of allylic oxidation sites excluding steroid dienone is 17. The summed E-state index contributed by atoms with van der Waals surface area (Å²) in [7, 11) is 1.16. The predicted octanol–water partition coefficient (Wildman–Crippen LogP) is 22.2. The predicted molar refractivity (Wildman–Crippen MR) is 371 cm³/mol. The first-order valence-corrected chi connectivity index (χ1v) is 37.2. The van der Waals surface area contributed by atoms with Gasteiger partial charge >= 0.3 is 5.97 Å². The van der Waals surface area contributed by atoms with E-state index in [1.54, 1.807) is 0 Å². The zero-order chi connectivity index (χ0) is 62.8. The first-order valence-electron chi connectivity index (χ1n) is 35.7. The molecule has 0 rings (SSSR count). The second-order valence-corrected chi connectivity index (χ2v) is 26.4. The van der Waals surface area contributed by atoms with Gasteiger partial charge in [-0.1, -0.05) is 291 Å². The van der Waals surface area contributed by atoms with Crippen LogP contribution < -0.4 is 10.2 Å². The Balaban J connectivity index is 5.12. The number of likely N-dealkylation sites (N-methyl/N-ethyl adjacent to an activating group) is 1. The Morgan fingerprint density at radius 3 is 1.14 bits per heavy atom. The maximum absolute atomic E-state index is 13.6. The van der Waals surface area contributed by atoms with Gasteiger partial charge in [-0.3, -0.25) is 14.2 Å². The maximum Gasteiger partial charge on any atom is 0.306 e. The molecule has 0 spiro atoms. The van der Waals surface area contributed by atoms with Crippen molar-refractivity contribution >= 4 is 19.7 Å². The molecule has 0 saturated heterocycles. The third-order valence-corrected chi connectivity index (χ3v) is 16.4. The van der Waals surface area contributed by atoms with Crippen molar-refractivity contribution in [2.24, 2.45) is 0 Å². The smallest absolute Gasteiger partial charge is 0.306 e. The fourth-order valence-electron chi connectivity index (χ4n) is 9.97. The molecule has 0 saturated carbocycles. The first-order chi connectivity index (χ1) is 41.9. The van der Waals surface area contributed by atoms with Crippen molar-refractivity contribution in [1.29, 1.82) is 0 Å². The number of phosphoric ester groups is 1. The topological polar surface area (TPSA) is 114 Å². The zero-order valence-electron chi connectivity index (χ0n) is 56.7. The Morgan fingerprint density at radius 1 is 0.419 bits per heavy atom. The number of ether oxygens (including phenoxy) is 1. The Labute approximate surface area is 531 Å².